The Labute approximate surface area is 199 Å². The lowest BCUT2D eigenvalue weighted by Crippen LogP contribution is -2.53. The number of benzene rings is 2. The van der Waals surface area contributed by atoms with Crippen LogP contribution in [0, 0.1) is 0 Å². The summed E-state index contributed by atoms with van der Waals surface area (Å²) in [5.41, 5.74) is 0.678. The third-order valence-corrected chi connectivity index (χ3v) is 6.51. The maximum Gasteiger partial charge on any atom is 0.253 e. The van der Waals surface area contributed by atoms with Gasteiger partial charge in [0.2, 0.25) is 20.0 Å². The molecule has 0 saturated heterocycles. The van der Waals surface area contributed by atoms with Gasteiger partial charge in [0.1, 0.15) is 0 Å². The highest BCUT2D eigenvalue weighted by atomic mass is 32.2. The van der Waals surface area contributed by atoms with Gasteiger partial charge in [-0.05, 0) is 37.1 Å². The largest absolute Gasteiger partial charge is 0.347 e. The first-order valence-corrected chi connectivity index (χ1v) is 14.5. The predicted octanol–water partition coefficient (Wildman–Crippen LogP) is 1.90. The molecule has 0 heterocycles. The molecule has 184 valence electrons. The zero-order valence-electron chi connectivity index (χ0n) is 18.9. The normalized spacial score (nSPS) is 18.5. The highest BCUT2D eigenvalue weighted by Gasteiger charge is 2.29. The topological polar surface area (TPSA) is 151 Å². The van der Waals surface area contributed by atoms with E-state index in [0.717, 1.165) is 25.4 Å². The molecule has 0 bridgehead atoms. The molecule has 2 atom stereocenters. The van der Waals surface area contributed by atoms with Crippen molar-refractivity contribution in [2.45, 2.75) is 37.8 Å². The van der Waals surface area contributed by atoms with Crippen molar-refractivity contribution in [2.75, 3.05) is 22.0 Å². The van der Waals surface area contributed by atoms with Crippen LogP contribution < -0.4 is 20.1 Å². The third-order valence-electron chi connectivity index (χ3n) is 5.33. The molecule has 1 aliphatic rings. The van der Waals surface area contributed by atoms with Gasteiger partial charge >= 0.3 is 0 Å². The number of hydrogen-bond donors (Lipinski definition) is 4. The standard InChI is InChI=1S/C22H28N4O6S2/c1-33(29,30)25-17-11-5-3-9-15(17)21(27)23-19-13-7-8-14-20(19)24-22(28)16-10-4-6-12-18(16)26-34(2,31)32/h3-6,9-12,19-20,25-26H,7-8,13-14H2,1-2H3,(H,23,27)(H,24,28)/t19-,20-/m1/s1. The van der Waals surface area contributed by atoms with Gasteiger partial charge in [0, 0.05) is 12.1 Å². The van der Waals surface area contributed by atoms with Crippen LogP contribution in [0.3, 0.4) is 0 Å². The summed E-state index contributed by atoms with van der Waals surface area (Å²) < 4.78 is 51.3. The van der Waals surface area contributed by atoms with Crippen molar-refractivity contribution in [3.63, 3.8) is 0 Å². The molecule has 2 amide bonds. The van der Waals surface area contributed by atoms with Gasteiger partial charge in [-0.1, -0.05) is 37.1 Å². The molecule has 1 saturated carbocycles. The Morgan fingerprint density at radius 1 is 0.676 bits per heavy atom. The number of para-hydroxylation sites is 2. The van der Waals surface area contributed by atoms with Crippen LogP contribution in [-0.2, 0) is 20.0 Å². The highest BCUT2D eigenvalue weighted by Crippen LogP contribution is 2.23. The van der Waals surface area contributed by atoms with Crippen molar-refractivity contribution >= 4 is 43.2 Å². The van der Waals surface area contributed by atoms with Crippen molar-refractivity contribution in [2.24, 2.45) is 0 Å². The van der Waals surface area contributed by atoms with E-state index in [9.17, 15) is 26.4 Å². The lowest BCUT2D eigenvalue weighted by Gasteiger charge is -2.33. The number of nitrogens with one attached hydrogen (secondary N) is 4. The first kappa shape index (κ1) is 25.5. The number of sulfonamides is 2. The third kappa shape index (κ3) is 7.19. The Morgan fingerprint density at radius 3 is 1.38 bits per heavy atom. The second kappa shape index (κ2) is 10.4. The van der Waals surface area contributed by atoms with Gasteiger partial charge in [-0.3, -0.25) is 19.0 Å². The van der Waals surface area contributed by atoms with Gasteiger partial charge < -0.3 is 10.6 Å². The van der Waals surface area contributed by atoms with E-state index in [-0.39, 0.29) is 34.6 Å². The Balaban J connectivity index is 1.77. The second-order valence-corrected chi connectivity index (χ2v) is 11.8. The number of carbonyl (C=O) groups excluding carboxylic acids is 2. The number of carbonyl (C=O) groups is 2. The number of anilines is 2. The lowest BCUT2D eigenvalue weighted by atomic mass is 9.89. The van der Waals surface area contributed by atoms with Gasteiger partial charge in [-0.15, -0.1) is 0 Å². The molecule has 0 aromatic heterocycles. The van der Waals surface area contributed by atoms with Crippen molar-refractivity contribution in [1.82, 2.24) is 10.6 Å². The Bertz CT molecular complexity index is 1180. The lowest BCUT2D eigenvalue weighted by molar-refractivity contribution is 0.0863. The van der Waals surface area contributed by atoms with E-state index in [1.165, 1.54) is 24.3 Å². The molecule has 0 spiro atoms. The maximum absolute atomic E-state index is 13.0. The summed E-state index contributed by atoms with van der Waals surface area (Å²) in [5.74, 6) is -0.922. The maximum atomic E-state index is 13.0. The minimum Gasteiger partial charge on any atom is -0.347 e. The quantitative estimate of drug-likeness (QED) is 0.428. The summed E-state index contributed by atoms with van der Waals surface area (Å²) >= 11 is 0. The summed E-state index contributed by atoms with van der Waals surface area (Å²) in [5, 5.41) is 5.84. The van der Waals surface area contributed by atoms with Crippen LogP contribution in [-0.4, -0.2) is 53.2 Å². The summed E-state index contributed by atoms with van der Waals surface area (Å²) in [6.45, 7) is 0. The SMILES string of the molecule is CS(=O)(=O)Nc1ccccc1C(=O)N[C@@H]1CCCC[C@H]1NC(=O)c1ccccc1NS(C)(=O)=O. The van der Waals surface area contributed by atoms with Crippen LogP contribution in [0.5, 0.6) is 0 Å². The molecule has 0 radical (unpaired) electrons. The highest BCUT2D eigenvalue weighted by molar-refractivity contribution is 7.92. The van der Waals surface area contributed by atoms with E-state index in [4.69, 9.17) is 0 Å². The van der Waals surface area contributed by atoms with E-state index >= 15 is 0 Å². The Hall–Kier alpha value is -3.12. The molecule has 2 aromatic rings. The predicted molar refractivity (Wildman–Crippen MR) is 131 cm³/mol. The van der Waals surface area contributed by atoms with Crippen molar-refractivity contribution in [1.29, 1.82) is 0 Å². The molecule has 0 aliphatic heterocycles. The van der Waals surface area contributed by atoms with Crippen molar-refractivity contribution in [3.05, 3.63) is 59.7 Å². The second-order valence-electron chi connectivity index (χ2n) is 8.28. The van der Waals surface area contributed by atoms with Crippen LogP contribution in [0.1, 0.15) is 46.4 Å². The summed E-state index contributed by atoms with van der Waals surface area (Å²) in [6, 6.07) is 11.8. The number of amides is 2. The molecule has 1 aliphatic carbocycles. The van der Waals surface area contributed by atoms with Gasteiger partial charge in [0.15, 0.2) is 0 Å². The monoisotopic (exact) mass is 508 g/mol. The first-order valence-electron chi connectivity index (χ1n) is 10.7. The molecular formula is C22H28N4O6S2. The van der Waals surface area contributed by atoms with Crippen LogP contribution in [0.4, 0.5) is 11.4 Å². The van der Waals surface area contributed by atoms with Gasteiger partial charge in [-0.25, -0.2) is 16.8 Å². The van der Waals surface area contributed by atoms with Crippen LogP contribution >= 0.6 is 0 Å². The minimum absolute atomic E-state index is 0.166. The molecule has 10 nitrogen and oxygen atoms in total. The molecule has 4 N–H and O–H groups in total. The Kier molecular flexibility index (Phi) is 7.82. The molecule has 1 fully saturated rings. The fourth-order valence-corrected chi connectivity index (χ4v) is 5.06. The number of hydrogen-bond acceptors (Lipinski definition) is 6. The molecular weight excluding hydrogens is 480 g/mol. The van der Waals surface area contributed by atoms with Crippen molar-refractivity contribution < 1.29 is 26.4 Å². The summed E-state index contributed by atoms with van der Waals surface area (Å²) in [7, 11) is -7.15. The summed E-state index contributed by atoms with van der Waals surface area (Å²) in [6.07, 6.45) is 4.97. The van der Waals surface area contributed by atoms with E-state index in [1.807, 2.05) is 0 Å². The smallest absolute Gasteiger partial charge is 0.253 e. The van der Waals surface area contributed by atoms with Crippen molar-refractivity contribution in [3.8, 4) is 0 Å². The van der Waals surface area contributed by atoms with Gasteiger partial charge in [0.25, 0.3) is 11.8 Å². The average molecular weight is 509 g/mol. The molecule has 3 rings (SSSR count). The fraction of sp³-hybridized carbons (Fsp3) is 0.364. The first-order chi connectivity index (χ1) is 15.9. The van der Waals surface area contributed by atoms with Crippen LogP contribution in [0.15, 0.2) is 48.5 Å². The van der Waals surface area contributed by atoms with Gasteiger partial charge in [-0.2, -0.15) is 0 Å². The molecule has 0 unspecified atom stereocenters. The van der Waals surface area contributed by atoms with E-state index in [1.54, 1.807) is 24.3 Å². The van der Waals surface area contributed by atoms with E-state index in [0.29, 0.717) is 12.8 Å². The van der Waals surface area contributed by atoms with Crippen LogP contribution in [0.2, 0.25) is 0 Å². The fourth-order valence-electron chi connectivity index (χ4n) is 3.91. The van der Waals surface area contributed by atoms with Gasteiger partial charge in [0.05, 0.1) is 35.0 Å². The number of rotatable bonds is 8. The molecule has 12 heteroatoms. The van der Waals surface area contributed by atoms with Crippen LogP contribution in [0.25, 0.3) is 0 Å². The average Bonchev–Trinajstić information content (AvgIpc) is 2.73. The minimum atomic E-state index is -3.58. The molecule has 2 aromatic carbocycles. The summed E-state index contributed by atoms with van der Waals surface area (Å²) in [4.78, 5) is 26.0. The molecule has 34 heavy (non-hydrogen) atoms. The Morgan fingerprint density at radius 2 is 1.03 bits per heavy atom. The van der Waals surface area contributed by atoms with E-state index < -0.39 is 31.9 Å². The zero-order valence-corrected chi connectivity index (χ0v) is 20.5. The van der Waals surface area contributed by atoms with E-state index in [2.05, 4.69) is 20.1 Å². The zero-order chi connectivity index (χ0) is 24.9.